The summed E-state index contributed by atoms with van der Waals surface area (Å²) < 4.78 is 9.51. The van der Waals surface area contributed by atoms with Crippen LogP contribution in [-0.4, -0.2) is 25.2 Å². The molecule has 1 heterocycles. The van der Waals surface area contributed by atoms with Crippen LogP contribution >= 0.6 is 11.6 Å². The summed E-state index contributed by atoms with van der Waals surface area (Å²) >= 11 is 5.86. The SMILES string of the molecule is COC(=O)c1nc(C)cc(Cl)c1OC. The number of hydrogen-bond acceptors (Lipinski definition) is 4. The molecular weight excluding hydrogens is 206 g/mol. The highest BCUT2D eigenvalue weighted by molar-refractivity contribution is 6.32. The third-order valence-corrected chi connectivity index (χ3v) is 1.92. The Hall–Kier alpha value is -1.29. The first-order valence-electron chi connectivity index (χ1n) is 3.89. The second kappa shape index (κ2) is 4.28. The molecule has 0 aromatic carbocycles. The monoisotopic (exact) mass is 215 g/mol. The van der Waals surface area contributed by atoms with Crippen LogP contribution in [0.3, 0.4) is 0 Å². The Bertz CT molecular complexity index is 365. The van der Waals surface area contributed by atoms with E-state index >= 15 is 0 Å². The highest BCUT2D eigenvalue weighted by atomic mass is 35.5. The van der Waals surface area contributed by atoms with E-state index in [-0.39, 0.29) is 11.4 Å². The van der Waals surface area contributed by atoms with Crippen molar-refractivity contribution >= 4 is 17.6 Å². The number of nitrogens with zero attached hydrogens (tertiary/aromatic N) is 1. The van der Waals surface area contributed by atoms with Crippen LogP contribution in [0.5, 0.6) is 5.75 Å². The van der Waals surface area contributed by atoms with Crippen molar-refractivity contribution in [3.63, 3.8) is 0 Å². The van der Waals surface area contributed by atoms with Gasteiger partial charge in [0.1, 0.15) is 0 Å². The van der Waals surface area contributed by atoms with Crippen molar-refractivity contribution in [2.24, 2.45) is 0 Å². The van der Waals surface area contributed by atoms with E-state index in [1.54, 1.807) is 13.0 Å². The molecule has 0 fully saturated rings. The Labute approximate surface area is 86.8 Å². The molecule has 0 saturated carbocycles. The number of aryl methyl sites for hydroxylation is 1. The summed E-state index contributed by atoms with van der Waals surface area (Å²) in [5.74, 6) is -0.323. The number of ether oxygens (including phenoxy) is 2. The van der Waals surface area contributed by atoms with Crippen molar-refractivity contribution in [2.45, 2.75) is 6.92 Å². The number of carbonyl (C=O) groups is 1. The first-order valence-corrected chi connectivity index (χ1v) is 4.27. The first-order chi connectivity index (χ1) is 6.60. The summed E-state index contributed by atoms with van der Waals surface area (Å²) in [7, 11) is 2.70. The first kappa shape index (κ1) is 10.8. The second-order valence-corrected chi connectivity index (χ2v) is 3.03. The van der Waals surface area contributed by atoms with Crippen LogP contribution in [0.15, 0.2) is 6.07 Å². The molecule has 1 aromatic heterocycles. The third-order valence-electron chi connectivity index (χ3n) is 1.64. The lowest BCUT2D eigenvalue weighted by atomic mass is 10.3. The fourth-order valence-electron chi connectivity index (χ4n) is 1.05. The van der Waals surface area contributed by atoms with Gasteiger partial charge in [-0.25, -0.2) is 9.78 Å². The van der Waals surface area contributed by atoms with Crippen molar-refractivity contribution in [1.82, 2.24) is 4.98 Å². The van der Waals surface area contributed by atoms with E-state index in [4.69, 9.17) is 16.3 Å². The highest BCUT2D eigenvalue weighted by Gasteiger charge is 2.18. The summed E-state index contributed by atoms with van der Waals surface area (Å²) in [4.78, 5) is 15.3. The topological polar surface area (TPSA) is 48.4 Å². The average Bonchev–Trinajstić information content (AvgIpc) is 2.15. The molecule has 0 aliphatic carbocycles. The van der Waals surface area contributed by atoms with Gasteiger partial charge in [0.15, 0.2) is 11.4 Å². The normalized spacial score (nSPS) is 9.71. The third kappa shape index (κ3) is 1.96. The molecule has 4 nitrogen and oxygen atoms in total. The molecule has 1 aromatic rings. The molecule has 0 saturated heterocycles. The van der Waals surface area contributed by atoms with Gasteiger partial charge in [-0.3, -0.25) is 0 Å². The smallest absolute Gasteiger partial charge is 0.360 e. The number of hydrogen-bond donors (Lipinski definition) is 0. The molecule has 0 unspecified atom stereocenters. The van der Waals surface area contributed by atoms with Gasteiger partial charge >= 0.3 is 5.97 Å². The lowest BCUT2D eigenvalue weighted by molar-refractivity contribution is 0.0589. The lowest BCUT2D eigenvalue weighted by Crippen LogP contribution is -2.08. The number of aromatic nitrogens is 1. The van der Waals surface area contributed by atoms with Crippen molar-refractivity contribution in [1.29, 1.82) is 0 Å². The van der Waals surface area contributed by atoms with Crippen LogP contribution in [-0.2, 0) is 4.74 Å². The standard InChI is InChI=1S/C9H10ClNO3/c1-5-4-6(10)8(13-2)7(11-5)9(12)14-3/h4H,1-3H3. The zero-order valence-electron chi connectivity index (χ0n) is 8.13. The van der Waals surface area contributed by atoms with E-state index < -0.39 is 5.97 Å². The van der Waals surface area contributed by atoms with Gasteiger partial charge in [-0.1, -0.05) is 11.6 Å². The summed E-state index contributed by atoms with van der Waals surface area (Å²) in [5.41, 5.74) is 0.733. The Morgan fingerprint density at radius 2 is 2.14 bits per heavy atom. The second-order valence-electron chi connectivity index (χ2n) is 2.62. The Kier molecular flexibility index (Phi) is 3.30. The van der Waals surface area contributed by atoms with E-state index in [2.05, 4.69) is 9.72 Å². The predicted molar refractivity (Wildman–Crippen MR) is 51.9 cm³/mol. The van der Waals surface area contributed by atoms with Gasteiger partial charge in [0.2, 0.25) is 0 Å². The minimum Gasteiger partial charge on any atom is -0.493 e. The van der Waals surface area contributed by atoms with Crippen molar-refractivity contribution < 1.29 is 14.3 Å². The minimum absolute atomic E-state index is 0.0972. The summed E-state index contributed by atoms with van der Waals surface area (Å²) in [5, 5.41) is 0.348. The van der Waals surface area contributed by atoms with Crippen LogP contribution in [0.4, 0.5) is 0 Å². The maximum absolute atomic E-state index is 11.3. The minimum atomic E-state index is -0.563. The van der Waals surface area contributed by atoms with Gasteiger partial charge in [0, 0.05) is 5.69 Å². The largest absolute Gasteiger partial charge is 0.493 e. The van der Waals surface area contributed by atoms with E-state index in [1.165, 1.54) is 14.2 Å². The van der Waals surface area contributed by atoms with Crippen molar-refractivity contribution in [3.05, 3.63) is 22.5 Å². The number of methoxy groups -OCH3 is 2. The number of rotatable bonds is 2. The Morgan fingerprint density at radius 1 is 1.50 bits per heavy atom. The van der Waals surface area contributed by atoms with Gasteiger partial charge < -0.3 is 9.47 Å². The van der Waals surface area contributed by atoms with Crippen molar-refractivity contribution in [3.8, 4) is 5.75 Å². The van der Waals surface area contributed by atoms with E-state index in [1.807, 2.05) is 0 Å². The zero-order chi connectivity index (χ0) is 10.7. The highest BCUT2D eigenvalue weighted by Crippen LogP contribution is 2.28. The number of halogens is 1. The fourth-order valence-corrected chi connectivity index (χ4v) is 1.38. The van der Waals surface area contributed by atoms with Crippen LogP contribution in [0.1, 0.15) is 16.2 Å². The molecule has 0 aliphatic heterocycles. The summed E-state index contributed by atoms with van der Waals surface area (Å²) in [6.45, 7) is 1.73. The predicted octanol–water partition coefficient (Wildman–Crippen LogP) is 1.84. The molecule has 0 radical (unpaired) electrons. The van der Waals surface area contributed by atoms with Crippen LogP contribution in [0.2, 0.25) is 5.02 Å². The molecule has 0 aliphatic rings. The Morgan fingerprint density at radius 3 is 2.64 bits per heavy atom. The fraction of sp³-hybridized carbons (Fsp3) is 0.333. The molecule has 5 heteroatoms. The zero-order valence-corrected chi connectivity index (χ0v) is 8.88. The molecule has 0 spiro atoms. The summed E-state index contributed by atoms with van der Waals surface area (Å²) in [6.07, 6.45) is 0. The van der Waals surface area contributed by atoms with Gasteiger partial charge in [-0.15, -0.1) is 0 Å². The van der Waals surface area contributed by atoms with Gasteiger partial charge in [-0.05, 0) is 13.0 Å². The average molecular weight is 216 g/mol. The van der Waals surface area contributed by atoms with Crippen molar-refractivity contribution in [2.75, 3.05) is 14.2 Å². The maximum atomic E-state index is 11.3. The molecule has 76 valence electrons. The van der Waals surface area contributed by atoms with Crippen LogP contribution in [0.25, 0.3) is 0 Å². The molecule has 1 rings (SSSR count). The van der Waals surface area contributed by atoms with E-state index in [0.717, 1.165) is 0 Å². The molecule has 14 heavy (non-hydrogen) atoms. The van der Waals surface area contributed by atoms with Gasteiger partial charge in [0.05, 0.1) is 19.2 Å². The van der Waals surface area contributed by atoms with E-state index in [0.29, 0.717) is 10.7 Å². The van der Waals surface area contributed by atoms with E-state index in [9.17, 15) is 4.79 Å². The lowest BCUT2D eigenvalue weighted by Gasteiger charge is -2.08. The van der Waals surface area contributed by atoms with Gasteiger partial charge in [0.25, 0.3) is 0 Å². The molecular formula is C9H10ClNO3. The molecule has 0 bridgehead atoms. The van der Waals surface area contributed by atoms with Gasteiger partial charge in [-0.2, -0.15) is 0 Å². The van der Waals surface area contributed by atoms with Crippen LogP contribution in [0, 0.1) is 6.92 Å². The number of pyridine rings is 1. The number of esters is 1. The summed E-state index contributed by atoms with van der Waals surface area (Å²) in [6, 6.07) is 1.62. The number of carbonyl (C=O) groups excluding carboxylic acids is 1. The van der Waals surface area contributed by atoms with Crippen LogP contribution < -0.4 is 4.74 Å². The maximum Gasteiger partial charge on any atom is 0.360 e. The molecule has 0 N–H and O–H groups in total. The molecule has 0 atom stereocenters. The molecule has 0 amide bonds. The quantitative estimate of drug-likeness (QED) is 0.707. The Balaban J connectivity index is 3.32.